The Hall–Kier alpha value is -2.55. The molecule has 0 bridgehead atoms. The molecule has 3 heterocycles. The summed E-state index contributed by atoms with van der Waals surface area (Å²) in [4.78, 5) is 32.5. The fraction of sp³-hybridized carbons (Fsp3) is 0.438. The van der Waals surface area contributed by atoms with Gasteiger partial charge in [-0.05, 0) is 32.4 Å². The Kier molecular flexibility index (Phi) is 4.93. The summed E-state index contributed by atoms with van der Waals surface area (Å²) in [7, 11) is 0. The number of aromatic carboxylic acids is 1. The lowest BCUT2D eigenvalue weighted by Gasteiger charge is -2.22. The topological polar surface area (TPSA) is 99.5 Å². The summed E-state index contributed by atoms with van der Waals surface area (Å²) in [6, 6.07) is 3.10. The number of carboxylic acids is 1. The van der Waals surface area contributed by atoms with Crippen molar-refractivity contribution in [3.8, 4) is 0 Å². The van der Waals surface area contributed by atoms with Crippen LogP contribution in [0.3, 0.4) is 0 Å². The fourth-order valence-corrected chi connectivity index (χ4v) is 3.72. The van der Waals surface area contributed by atoms with E-state index in [0.717, 1.165) is 23.7 Å². The second-order valence-corrected chi connectivity index (χ2v) is 7.07. The Balaban J connectivity index is 1.68. The second-order valence-electron chi connectivity index (χ2n) is 5.86. The monoisotopic (exact) mass is 361 g/mol. The molecule has 1 saturated heterocycles. The van der Waals surface area contributed by atoms with Gasteiger partial charge < -0.3 is 14.9 Å². The van der Waals surface area contributed by atoms with Gasteiger partial charge in [0.1, 0.15) is 4.88 Å². The molecule has 0 saturated carbocycles. The predicted molar refractivity (Wildman–Crippen MR) is 93.3 cm³/mol. The van der Waals surface area contributed by atoms with Crippen molar-refractivity contribution in [3.63, 3.8) is 0 Å². The van der Waals surface area contributed by atoms with Crippen molar-refractivity contribution in [2.24, 2.45) is 0 Å². The van der Waals surface area contributed by atoms with E-state index in [1.54, 1.807) is 6.07 Å². The van der Waals surface area contributed by atoms with E-state index in [4.69, 9.17) is 5.11 Å². The molecule has 0 atom stereocenters. The zero-order valence-electron chi connectivity index (χ0n) is 14.1. The molecule has 9 heteroatoms. The minimum absolute atomic E-state index is 0.0252. The molecule has 0 aliphatic carbocycles. The van der Waals surface area contributed by atoms with Gasteiger partial charge in [-0.3, -0.25) is 4.79 Å². The van der Waals surface area contributed by atoms with E-state index in [2.05, 4.69) is 15.2 Å². The minimum atomic E-state index is -1.10. The van der Waals surface area contributed by atoms with Crippen molar-refractivity contribution in [1.82, 2.24) is 20.1 Å². The smallest absolute Gasteiger partial charge is 0.356 e. The quantitative estimate of drug-likeness (QED) is 0.886. The lowest BCUT2D eigenvalue weighted by molar-refractivity contribution is 0.0688. The number of carboxylic acid groups (broad SMARTS) is 1. The van der Waals surface area contributed by atoms with Crippen molar-refractivity contribution in [3.05, 3.63) is 33.4 Å². The van der Waals surface area contributed by atoms with Crippen LogP contribution in [0, 0.1) is 13.8 Å². The van der Waals surface area contributed by atoms with Gasteiger partial charge >= 0.3 is 5.97 Å². The summed E-state index contributed by atoms with van der Waals surface area (Å²) in [6.45, 7) is 6.39. The maximum atomic E-state index is 12.7. The fourth-order valence-electron chi connectivity index (χ4n) is 2.83. The summed E-state index contributed by atoms with van der Waals surface area (Å²) in [5.41, 5.74) is 0.704. The summed E-state index contributed by atoms with van der Waals surface area (Å²) >= 11 is 1.43. The van der Waals surface area contributed by atoms with Gasteiger partial charge in [-0.2, -0.15) is 0 Å². The second kappa shape index (κ2) is 7.14. The number of hydrogen-bond acceptors (Lipinski definition) is 7. The van der Waals surface area contributed by atoms with E-state index in [1.165, 1.54) is 17.4 Å². The first-order valence-electron chi connectivity index (χ1n) is 8.01. The van der Waals surface area contributed by atoms with Gasteiger partial charge in [0.05, 0.1) is 10.7 Å². The molecular formula is C16H19N5O3S. The van der Waals surface area contributed by atoms with Gasteiger partial charge in [0.25, 0.3) is 5.91 Å². The summed E-state index contributed by atoms with van der Waals surface area (Å²) in [5, 5.41) is 17.5. The highest BCUT2D eigenvalue weighted by Crippen LogP contribution is 2.21. The number of aromatic nitrogens is 3. The van der Waals surface area contributed by atoms with Crippen molar-refractivity contribution in [2.75, 3.05) is 31.1 Å². The standard InChI is InChI=1S/C16H19N5O3S/c1-10-14(25-11(2)17-10)15(22)21-7-3-6-20(8-9-21)13-5-4-12(16(23)24)18-19-13/h4-5H,3,6-9H2,1-2H3,(H,23,24). The first-order chi connectivity index (χ1) is 12.0. The van der Waals surface area contributed by atoms with E-state index in [9.17, 15) is 9.59 Å². The Morgan fingerprint density at radius 1 is 1.12 bits per heavy atom. The third-order valence-corrected chi connectivity index (χ3v) is 5.14. The predicted octanol–water partition coefficient (Wildman–Crippen LogP) is 1.60. The minimum Gasteiger partial charge on any atom is -0.476 e. The Bertz CT molecular complexity index is 790. The molecule has 25 heavy (non-hydrogen) atoms. The van der Waals surface area contributed by atoms with Gasteiger partial charge in [-0.15, -0.1) is 21.5 Å². The molecule has 0 unspecified atom stereocenters. The molecular weight excluding hydrogens is 342 g/mol. The molecule has 0 spiro atoms. The number of nitrogens with zero attached hydrogens (tertiary/aromatic N) is 5. The number of aryl methyl sites for hydroxylation is 2. The summed E-state index contributed by atoms with van der Waals surface area (Å²) in [5.74, 6) is -0.441. The van der Waals surface area contributed by atoms with Crippen LogP contribution in [0.4, 0.5) is 5.82 Å². The maximum absolute atomic E-state index is 12.7. The molecule has 2 aromatic rings. The molecule has 8 nitrogen and oxygen atoms in total. The largest absolute Gasteiger partial charge is 0.476 e. The lowest BCUT2D eigenvalue weighted by Crippen LogP contribution is -2.35. The summed E-state index contributed by atoms with van der Waals surface area (Å²) < 4.78 is 0. The van der Waals surface area contributed by atoms with Crippen LogP contribution in [0.15, 0.2) is 12.1 Å². The van der Waals surface area contributed by atoms with E-state index >= 15 is 0 Å². The van der Waals surface area contributed by atoms with Gasteiger partial charge in [0.15, 0.2) is 11.5 Å². The van der Waals surface area contributed by atoms with Crippen LogP contribution in [0.25, 0.3) is 0 Å². The van der Waals surface area contributed by atoms with Crippen LogP contribution in [0.1, 0.15) is 37.3 Å². The Labute approximate surface area is 149 Å². The van der Waals surface area contributed by atoms with Crippen molar-refractivity contribution < 1.29 is 14.7 Å². The number of rotatable bonds is 3. The molecule has 1 N–H and O–H groups in total. The molecule has 3 rings (SSSR count). The molecule has 1 aliphatic heterocycles. The summed E-state index contributed by atoms with van der Waals surface area (Å²) in [6.07, 6.45) is 0.810. The van der Waals surface area contributed by atoms with Crippen LogP contribution >= 0.6 is 11.3 Å². The highest BCUT2D eigenvalue weighted by molar-refractivity contribution is 7.13. The van der Waals surface area contributed by atoms with E-state index in [0.29, 0.717) is 30.3 Å². The average Bonchev–Trinajstić information content (AvgIpc) is 2.80. The van der Waals surface area contributed by atoms with E-state index in [1.807, 2.05) is 23.6 Å². The third-order valence-electron chi connectivity index (χ3n) is 4.07. The molecule has 1 aliphatic rings. The normalized spacial score (nSPS) is 15.1. The van der Waals surface area contributed by atoms with Crippen LogP contribution in [0.5, 0.6) is 0 Å². The molecule has 0 aromatic carbocycles. The molecule has 132 valence electrons. The zero-order valence-corrected chi connectivity index (χ0v) is 14.9. The van der Waals surface area contributed by atoms with Gasteiger partial charge in [0, 0.05) is 26.2 Å². The molecule has 2 aromatic heterocycles. The third kappa shape index (κ3) is 3.76. The van der Waals surface area contributed by atoms with E-state index < -0.39 is 5.97 Å². The Morgan fingerprint density at radius 2 is 1.92 bits per heavy atom. The first-order valence-corrected chi connectivity index (χ1v) is 8.82. The lowest BCUT2D eigenvalue weighted by atomic mass is 10.3. The molecule has 1 amide bonds. The van der Waals surface area contributed by atoms with Crippen LogP contribution in [-0.4, -0.2) is 63.2 Å². The average molecular weight is 361 g/mol. The number of thiazole rings is 1. The number of hydrogen-bond donors (Lipinski definition) is 1. The number of amides is 1. The SMILES string of the molecule is Cc1nc(C)c(C(=O)N2CCCN(c3ccc(C(=O)O)nn3)CC2)s1. The number of anilines is 1. The maximum Gasteiger partial charge on any atom is 0.356 e. The van der Waals surface area contributed by atoms with Gasteiger partial charge in [-0.1, -0.05) is 0 Å². The van der Waals surface area contributed by atoms with Crippen LogP contribution in [-0.2, 0) is 0 Å². The first kappa shape index (κ1) is 17.3. The number of carbonyl (C=O) groups is 2. The van der Waals surface area contributed by atoms with Crippen LogP contribution < -0.4 is 4.90 Å². The van der Waals surface area contributed by atoms with Crippen LogP contribution in [0.2, 0.25) is 0 Å². The van der Waals surface area contributed by atoms with Gasteiger partial charge in [-0.25, -0.2) is 9.78 Å². The zero-order chi connectivity index (χ0) is 18.0. The van der Waals surface area contributed by atoms with Crippen molar-refractivity contribution in [2.45, 2.75) is 20.3 Å². The molecule has 0 radical (unpaired) electrons. The van der Waals surface area contributed by atoms with E-state index in [-0.39, 0.29) is 11.6 Å². The van der Waals surface area contributed by atoms with Crippen molar-refractivity contribution in [1.29, 1.82) is 0 Å². The number of carbonyl (C=O) groups excluding carboxylic acids is 1. The highest BCUT2D eigenvalue weighted by atomic mass is 32.1. The van der Waals surface area contributed by atoms with Crippen molar-refractivity contribution >= 4 is 29.0 Å². The Morgan fingerprint density at radius 3 is 2.52 bits per heavy atom. The van der Waals surface area contributed by atoms with Gasteiger partial charge in [0.2, 0.25) is 0 Å². The molecule has 1 fully saturated rings. The highest BCUT2D eigenvalue weighted by Gasteiger charge is 2.24.